The van der Waals surface area contributed by atoms with Crippen molar-refractivity contribution in [3.63, 3.8) is 0 Å². The van der Waals surface area contributed by atoms with Crippen molar-refractivity contribution in [2.75, 3.05) is 4.90 Å². The van der Waals surface area contributed by atoms with Crippen molar-refractivity contribution in [3.8, 4) is 0 Å². The predicted octanol–water partition coefficient (Wildman–Crippen LogP) is 8.89. The Labute approximate surface area is 218 Å². The Morgan fingerprint density at radius 2 is 1.09 bits per heavy atom. The molecule has 0 saturated carbocycles. The van der Waals surface area contributed by atoms with Gasteiger partial charge in [-0.1, -0.05) is 83.3 Å². The molecule has 4 aromatic carbocycles. The van der Waals surface area contributed by atoms with Gasteiger partial charge >= 0.3 is 0 Å². The van der Waals surface area contributed by atoms with E-state index in [1.807, 2.05) is 84.9 Å². The Morgan fingerprint density at radius 3 is 1.63 bits per heavy atom. The number of carbonyl (C=O) groups excluding carboxylic acids is 2. The number of anilines is 3. The van der Waals surface area contributed by atoms with Crippen molar-refractivity contribution in [1.29, 1.82) is 0 Å². The zero-order valence-corrected chi connectivity index (χ0v) is 20.8. The molecule has 0 saturated heterocycles. The molecular weight excluding hydrogens is 501 g/mol. The van der Waals surface area contributed by atoms with Gasteiger partial charge in [0.05, 0.1) is 26.2 Å². The molecule has 172 valence electrons. The summed E-state index contributed by atoms with van der Waals surface area (Å²) >= 11 is 18.7. The SMILES string of the molecule is Cc1c(Cl)c(Cl)c(Cl)c2c1C(=O)/C(=C/c1ccc(N(c3ccccc3)c3ccccc3)cc1)C2=O. The molecule has 0 aromatic heterocycles. The van der Waals surface area contributed by atoms with Crippen molar-refractivity contribution in [2.45, 2.75) is 6.92 Å². The summed E-state index contributed by atoms with van der Waals surface area (Å²) in [5, 5.41) is 0.276. The van der Waals surface area contributed by atoms with Crippen molar-refractivity contribution >= 4 is 69.5 Å². The Morgan fingerprint density at radius 1 is 0.600 bits per heavy atom. The minimum Gasteiger partial charge on any atom is -0.311 e. The lowest BCUT2D eigenvalue weighted by atomic mass is 10.0. The fourth-order valence-electron chi connectivity index (χ4n) is 4.27. The Kier molecular flexibility index (Phi) is 6.24. The first-order chi connectivity index (χ1) is 16.9. The van der Waals surface area contributed by atoms with Crippen LogP contribution in [0.25, 0.3) is 6.08 Å². The molecule has 5 rings (SSSR count). The third kappa shape index (κ3) is 4.06. The van der Waals surface area contributed by atoms with E-state index in [2.05, 4.69) is 4.90 Å². The van der Waals surface area contributed by atoms with E-state index in [1.54, 1.807) is 13.0 Å². The van der Waals surface area contributed by atoms with Gasteiger partial charge in [-0.25, -0.2) is 0 Å². The molecule has 1 aliphatic carbocycles. The van der Waals surface area contributed by atoms with E-state index in [0.717, 1.165) is 17.1 Å². The van der Waals surface area contributed by atoms with Crippen LogP contribution in [0.2, 0.25) is 15.1 Å². The molecule has 0 atom stereocenters. The molecule has 0 amide bonds. The maximum absolute atomic E-state index is 13.1. The maximum Gasteiger partial charge on any atom is 0.199 e. The highest BCUT2D eigenvalue weighted by Crippen LogP contribution is 2.44. The van der Waals surface area contributed by atoms with Gasteiger partial charge in [0.25, 0.3) is 0 Å². The summed E-state index contributed by atoms with van der Waals surface area (Å²) in [6.45, 7) is 1.66. The molecule has 6 heteroatoms. The first-order valence-electron chi connectivity index (χ1n) is 10.9. The summed E-state index contributed by atoms with van der Waals surface area (Å²) < 4.78 is 0. The lowest BCUT2D eigenvalue weighted by Gasteiger charge is -2.25. The van der Waals surface area contributed by atoms with Gasteiger partial charge in [-0.15, -0.1) is 0 Å². The lowest BCUT2D eigenvalue weighted by Crippen LogP contribution is -2.09. The number of benzene rings is 4. The van der Waals surface area contributed by atoms with Crippen molar-refractivity contribution < 1.29 is 9.59 Å². The number of halogens is 3. The Bertz CT molecular complexity index is 1410. The summed E-state index contributed by atoms with van der Waals surface area (Å²) in [5.41, 5.74) is 4.51. The zero-order chi connectivity index (χ0) is 24.7. The fraction of sp³-hybridized carbons (Fsp3) is 0.0345. The molecule has 4 aromatic rings. The van der Waals surface area contributed by atoms with Crippen LogP contribution in [-0.4, -0.2) is 11.6 Å². The van der Waals surface area contributed by atoms with E-state index in [1.165, 1.54) is 0 Å². The maximum atomic E-state index is 13.1. The third-order valence-electron chi connectivity index (χ3n) is 5.99. The number of allylic oxidation sites excluding steroid dienone is 1. The van der Waals surface area contributed by atoms with Crippen LogP contribution < -0.4 is 4.90 Å². The average Bonchev–Trinajstić information content (AvgIpc) is 3.13. The Hall–Kier alpha value is -3.37. The predicted molar refractivity (Wildman–Crippen MR) is 144 cm³/mol. The number of hydrogen-bond acceptors (Lipinski definition) is 3. The summed E-state index contributed by atoms with van der Waals surface area (Å²) in [4.78, 5) is 28.4. The second kappa shape index (κ2) is 9.35. The van der Waals surface area contributed by atoms with Crippen LogP contribution in [0.5, 0.6) is 0 Å². The summed E-state index contributed by atoms with van der Waals surface area (Å²) in [6, 6.07) is 27.7. The van der Waals surface area contributed by atoms with Crippen molar-refractivity contribution in [1.82, 2.24) is 0 Å². The van der Waals surface area contributed by atoms with Gasteiger partial charge in [0.1, 0.15) is 0 Å². The summed E-state index contributed by atoms with van der Waals surface area (Å²) in [7, 11) is 0. The minimum absolute atomic E-state index is 0.00993. The molecule has 0 bridgehead atoms. The quantitative estimate of drug-likeness (QED) is 0.154. The van der Waals surface area contributed by atoms with Crippen LogP contribution >= 0.6 is 34.8 Å². The number of para-hydroxylation sites is 2. The lowest BCUT2D eigenvalue weighted by molar-refractivity contribution is 0.0990. The second-order valence-corrected chi connectivity index (χ2v) is 9.27. The van der Waals surface area contributed by atoms with Gasteiger partial charge in [0.15, 0.2) is 11.6 Å². The molecule has 0 spiro atoms. The van der Waals surface area contributed by atoms with Gasteiger partial charge in [-0.05, 0) is 60.5 Å². The van der Waals surface area contributed by atoms with E-state index >= 15 is 0 Å². The smallest absolute Gasteiger partial charge is 0.199 e. The van der Waals surface area contributed by atoms with Gasteiger partial charge in [-0.3, -0.25) is 9.59 Å². The van der Waals surface area contributed by atoms with E-state index in [0.29, 0.717) is 11.1 Å². The molecule has 1 aliphatic rings. The van der Waals surface area contributed by atoms with Gasteiger partial charge in [-0.2, -0.15) is 0 Å². The fourth-order valence-corrected chi connectivity index (χ4v) is 5.01. The average molecular weight is 519 g/mol. The van der Waals surface area contributed by atoms with Crippen LogP contribution in [0, 0.1) is 6.92 Å². The van der Waals surface area contributed by atoms with Gasteiger partial charge < -0.3 is 4.90 Å². The number of fused-ring (bicyclic) bond motifs is 1. The summed E-state index contributed by atoms with van der Waals surface area (Å²) in [6.07, 6.45) is 1.58. The first kappa shape index (κ1) is 23.4. The molecule has 0 radical (unpaired) electrons. The third-order valence-corrected chi connectivity index (χ3v) is 7.42. The molecule has 0 heterocycles. The van der Waals surface area contributed by atoms with Gasteiger partial charge in [0.2, 0.25) is 0 Å². The van der Waals surface area contributed by atoms with E-state index < -0.39 is 11.6 Å². The number of rotatable bonds is 4. The number of ketones is 2. The summed E-state index contributed by atoms with van der Waals surface area (Å²) in [5.74, 6) is -0.849. The normalized spacial score (nSPS) is 13.9. The number of nitrogens with zero attached hydrogens (tertiary/aromatic N) is 1. The van der Waals surface area contributed by atoms with Crippen LogP contribution in [0.4, 0.5) is 17.1 Å². The highest BCUT2D eigenvalue weighted by atomic mass is 35.5. The highest BCUT2D eigenvalue weighted by Gasteiger charge is 2.38. The monoisotopic (exact) mass is 517 g/mol. The minimum atomic E-state index is -0.448. The van der Waals surface area contributed by atoms with Crippen LogP contribution in [0.1, 0.15) is 31.8 Å². The second-order valence-electron chi connectivity index (χ2n) is 8.13. The Balaban J connectivity index is 1.53. The topological polar surface area (TPSA) is 37.4 Å². The van der Waals surface area contributed by atoms with Gasteiger partial charge in [0, 0.05) is 22.6 Å². The molecule has 3 nitrogen and oxygen atoms in total. The highest BCUT2D eigenvalue weighted by molar-refractivity contribution is 6.54. The van der Waals surface area contributed by atoms with Crippen LogP contribution in [0.3, 0.4) is 0 Å². The number of carbonyl (C=O) groups is 2. The largest absolute Gasteiger partial charge is 0.311 e. The number of Topliss-reactive ketones (excluding diaryl/α,β-unsaturated/α-hetero) is 2. The molecule has 0 N–H and O–H groups in total. The van der Waals surface area contributed by atoms with Crippen LogP contribution in [0.15, 0.2) is 90.5 Å². The first-order valence-corrected chi connectivity index (χ1v) is 12.0. The van der Waals surface area contributed by atoms with E-state index in [4.69, 9.17) is 34.8 Å². The molecule has 0 fully saturated rings. The molecule has 0 aliphatic heterocycles. The molecular formula is C29H18Cl3NO2. The molecule has 0 unspecified atom stereocenters. The van der Waals surface area contributed by atoms with Crippen LogP contribution in [-0.2, 0) is 0 Å². The number of hydrogen-bond donors (Lipinski definition) is 0. The van der Waals surface area contributed by atoms with Crippen molar-refractivity contribution in [2.24, 2.45) is 0 Å². The van der Waals surface area contributed by atoms with E-state index in [9.17, 15) is 9.59 Å². The molecule has 35 heavy (non-hydrogen) atoms. The zero-order valence-electron chi connectivity index (χ0n) is 18.6. The van der Waals surface area contributed by atoms with E-state index in [-0.39, 0.29) is 31.8 Å². The van der Waals surface area contributed by atoms with Crippen molar-refractivity contribution in [3.05, 3.63) is 128 Å². The standard InChI is InChI=1S/C29H18Cl3NO2/c1-17-23-24(26(31)27(32)25(17)30)29(35)22(28(23)34)16-18-12-14-21(15-13-18)33(19-8-4-2-5-9-19)20-10-6-3-7-11-20/h2-16H,1H3/b22-16-.